The number of ketones is 2. The van der Waals surface area contributed by atoms with E-state index in [0.717, 1.165) is 18.4 Å². The number of ether oxygens (including phenoxy) is 2. The van der Waals surface area contributed by atoms with Crippen LogP contribution in [-0.4, -0.2) is 35.3 Å². The summed E-state index contributed by atoms with van der Waals surface area (Å²) < 4.78 is 32.6. The Morgan fingerprint density at radius 3 is 2.54 bits per heavy atom. The van der Waals surface area contributed by atoms with Gasteiger partial charge in [-0.05, 0) is 82.8 Å². The van der Waals surface area contributed by atoms with E-state index in [-0.39, 0.29) is 44.8 Å². The fourth-order valence-electron chi connectivity index (χ4n) is 10.2. The summed E-state index contributed by atoms with van der Waals surface area (Å²) in [6, 6.07) is 5.94. The Labute approximate surface area is 247 Å². The molecular formula is C33H34BrFO6. The number of esters is 1. The molecule has 3 saturated carbocycles. The quantitative estimate of drug-likeness (QED) is 0.275. The predicted octanol–water partition coefficient (Wildman–Crippen LogP) is 6.82. The summed E-state index contributed by atoms with van der Waals surface area (Å²) >= 11 is 3.18. The molecule has 1 aromatic carbocycles. The molecule has 7 rings (SSSR count). The van der Waals surface area contributed by atoms with Gasteiger partial charge in [0.2, 0.25) is 0 Å². The highest BCUT2D eigenvalue weighted by molar-refractivity contribution is 9.10. The number of benzene rings is 1. The lowest BCUT2D eigenvalue weighted by atomic mass is 9.36. The van der Waals surface area contributed by atoms with Gasteiger partial charge in [-0.25, -0.2) is 9.18 Å². The summed E-state index contributed by atoms with van der Waals surface area (Å²) in [5.74, 6) is -1.43. The molecule has 1 saturated heterocycles. The molecule has 0 N–H and O–H groups in total. The van der Waals surface area contributed by atoms with E-state index in [2.05, 4.69) is 42.8 Å². The number of Topliss-reactive ketones (excluding diaryl/α,β-unsaturated/α-hetero) is 1. The second-order valence-corrected chi connectivity index (χ2v) is 14.9. The number of hydrogen-bond acceptors (Lipinski definition) is 6. The number of fused-ring (bicyclic) bond motifs is 3. The molecule has 6 nitrogen and oxygen atoms in total. The molecule has 216 valence electrons. The number of rotatable bonds is 3. The first-order chi connectivity index (χ1) is 19.2. The van der Waals surface area contributed by atoms with Crippen molar-refractivity contribution < 1.29 is 32.7 Å². The van der Waals surface area contributed by atoms with E-state index < -0.39 is 45.8 Å². The number of allylic oxidation sites excluding steroid dienone is 2. The zero-order valence-electron chi connectivity index (χ0n) is 23.8. The summed E-state index contributed by atoms with van der Waals surface area (Å²) in [7, 11) is 0. The fraction of sp³-hybridized carbons (Fsp3) is 0.545. The SMILES string of the molecule is CC1(C)C(=O)C=C[C@]2(C)[C@H]3CC[C@@]4(C)[C@H](c5ccoc5)C(=O)[C@H]5O[C@]54[C@]3(C)[C@H](OC(=O)c3ccc(F)c(Br)c3)C[C@@H]12. The first kappa shape index (κ1) is 27.3. The summed E-state index contributed by atoms with van der Waals surface area (Å²) in [5, 5.41) is 0. The molecule has 0 bridgehead atoms. The molecule has 1 aliphatic heterocycles. The van der Waals surface area contributed by atoms with Crippen molar-refractivity contribution in [3.63, 3.8) is 0 Å². The molecule has 41 heavy (non-hydrogen) atoms. The van der Waals surface area contributed by atoms with E-state index in [1.165, 1.54) is 18.2 Å². The third kappa shape index (κ3) is 3.13. The lowest BCUT2D eigenvalue weighted by molar-refractivity contribution is -0.222. The smallest absolute Gasteiger partial charge is 0.338 e. The number of halogens is 2. The molecule has 9 atom stereocenters. The summed E-state index contributed by atoms with van der Waals surface area (Å²) in [5.41, 5.74) is -2.09. The van der Waals surface area contributed by atoms with Crippen molar-refractivity contribution in [2.45, 2.75) is 77.6 Å². The Balaban J connectivity index is 1.38. The van der Waals surface area contributed by atoms with Crippen LogP contribution in [0.1, 0.15) is 75.7 Å². The van der Waals surface area contributed by atoms with Crippen LogP contribution in [-0.2, 0) is 19.1 Å². The van der Waals surface area contributed by atoms with Gasteiger partial charge in [-0.1, -0.05) is 40.7 Å². The van der Waals surface area contributed by atoms with Gasteiger partial charge in [-0.15, -0.1) is 0 Å². The molecule has 2 heterocycles. The largest absolute Gasteiger partial charge is 0.472 e. The van der Waals surface area contributed by atoms with Gasteiger partial charge in [0.1, 0.15) is 23.6 Å². The Kier molecular flexibility index (Phi) is 5.51. The van der Waals surface area contributed by atoms with Gasteiger partial charge in [-0.3, -0.25) is 9.59 Å². The minimum atomic E-state index is -0.844. The van der Waals surface area contributed by atoms with Crippen molar-refractivity contribution in [3.05, 3.63) is 70.4 Å². The lowest BCUT2D eigenvalue weighted by Crippen LogP contribution is -2.70. The predicted molar refractivity (Wildman–Crippen MR) is 150 cm³/mol. The maximum atomic E-state index is 14.0. The van der Waals surface area contributed by atoms with Crippen molar-refractivity contribution in [3.8, 4) is 0 Å². The molecule has 0 amide bonds. The maximum Gasteiger partial charge on any atom is 0.338 e. The molecule has 1 spiro atoms. The van der Waals surface area contributed by atoms with Crippen molar-refractivity contribution in [2.75, 3.05) is 0 Å². The van der Waals surface area contributed by atoms with Gasteiger partial charge in [0.25, 0.3) is 0 Å². The summed E-state index contributed by atoms with van der Waals surface area (Å²) in [6.45, 7) is 10.5. The maximum absolute atomic E-state index is 14.0. The molecular weight excluding hydrogens is 591 g/mol. The third-order valence-corrected chi connectivity index (χ3v) is 12.7. The Bertz CT molecular complexity index is 1530. The molecule has 2 aromatic rings. The van der Waals surface area contributed by atoms with Crippen molar-refractivity contribution in [1.82, 2.24) is 0 Å². The zero-order chi connectivity index (χ0) is 29.3. The van der Waals surface area contributed by atoms with Crippen molar-refractivity contribution in [1.29, 1.82) is 0 Å². The van der Waals surface area contributed by atoms with E-state index in [9.17, 15) is 18.8 Å². The van der Waals surface area contributed by atoms with Crippen LogP contribution < -0.4 is 0 Å². The van der Waals surface area contributed by atoms with Gasteiger partial charge in [0, 0.05) is 21.8 Å². The van der Waals surface area contributed by atoms with E-state index >= 15 is 0 Å². The van der Waals surface area contributed by atoms with Gasteiger partial charge in [0.15, 0.2) is 11.6 Å². The monoisotopic (exact) mass is 624 g/mol. The van der Waals surface area contributed by atoms with Gasteiger partial charge in [-0.2, -0.15) is 0 Å². The minimum Gasteiger partial charge on any atom is -0.472 e. The minimum absolute atomic E-state index is 0.0240. The summed E-state index contributed by atoms with van der Waals surface area (Å²) in [6.07, 6.45) is 7.78. The first-order valence-electron chi connectivity index (χ1n) is 14.4. The molecule has 4 fully saturated rings. The molecule has 0 radical (unpaired) electrons. The number of carbonyl (C=O) groups is 3. The lowest BCUT2D eigenvalue weighted by Gasteiger charge is -2.67. The van der Waals surface area contributed by atoms with Gasteiger partial charge >= 0.3 is 5.97 Å². The Morgan fingerprint density at radius 1 is 1.10 bits per heavy atom. The van der Waals surface area contributed by atoms with Crippen LogP contribution in [0.3, 0.4) is 0 Å². The fourth-order valence-corrected chi connectivity index (χ4v) is 10.5. The average Bonchev–Trinajstić information content (AvgIpc) is 3.41. The molecule has 1 aromatic heterocycles. The zero-order valence-corrected chi connectivity index (χ0v) is 25.4. The number of furan rings is 1. The molecule has 8 heteroatoms. The number of carbonyl (C=O) groups excluding carboxylic acids is 3. The van der Waals surface area contributed by atoms with Crippen LogP contribution in [0.2, 0.25) is 0 Å². The molecule has 4 aliphatic carbocycles. The van der Waals surface area contributed by atoms with Crippen molar-refractivity contribution >= 4 is 33.5 Å². The highest BCUT2D eigenvalue weighted by Crippen LogP contribution is 2.81. The second kappa shape index (κ2) is 8.28. The van der Waals surface area contributed by atoms with E-state index in [1.807, 2.05) is 19.9 Å². The van der Waals surface area contributed by atoms with E-state index in [1.54, 1.807) is 18.6 Å². The van der Waals surface area contributed by atoms with E-state index in [4.69, 9.17) is 13.9 Å². The standard InChI is InChI=1S/C33H34BrFO6/c1-29(2)22-15-24(40-28(38)17-6-7-20(35)19(34)14-17)32(5)21(30(22,3)11-9-23(29)36)8-12-31(4)25(18-10-13-39-16-18)26(37)27-33(31,32)41-27/h6-7,9-11,13-14,16,21-22,24-25,27H,8,12,15H2,1-5H3/t21-,22+,24-,25-,27-,30-,31+,32+,33-/m1/s1. The molecule has 5 aliphatic rings. The number of epoxide rings is 1. The van der Waals surface area contributed by atoms with Crippen LogP contribution in [0.15, 0.2) is 57.8 Å². The summed E-state index contributed by atoms with van der Waals surface area (Å²) in [4.78, 5) is 40.9. The highest BCUT2D eigenvalue weighted by Gasteiger charge is 2.90. The Morgan fingerprint density at radius 2 is 1.85 bits per heavy atom. The van der Waals surface area contributed by atoms with Crippen LogP contribution in [0, 0.1) is 39.3 Å². The molecule has 0 unspecified atom stereocenters. The second-order valence-electron chi connectivity index (χ2n) is 14.0. The van der Waals surface area contributed by atoms with Crippen LogP contribution in [0.25, 0.3) is 0 Å². The van der Waals surface area contributed by atoms with Crippen molar-refractivity contribution in [2.24, 2.45) is 33.5 Å². The number of hydrogen-bond donors (Lipinski definition) is 0. The van der Waals surface area contributed by atoms with Crippen LogP contribution in [0.5, 0.6) is 0 Å². The first-order valence-corrected chi connectivity index (χ1v) is 15.2. The van der Waals surface area contributed by atoms with E-state index in [0.29, 0.717) is 6.42 Å². The highest BCUT2D eigenvalue weighted by atomic mass is 79.9. The van der Waals surface area contributed by atoms with Crippen LogP contribution in [0.4, 0.5) is 4.39 Å². The topological polar surface area (TPSA) is 86.1 Å². The normalized spacial score (nSPS) is 43.5. The van der Waals surface area contributed by atoms with Gasteiger partial charge < -0.3 is 13.9 Å². The van der Waals surface area contributed by atoms with Crippen LogP contribution >= 0.6 is 15.9 Å². The Hall–Kier alpha value is -2.58. The third-order valence-electron chi connectivity index (χ3n) is 12.1. The van der Waals surface area contributed by atoms with Gasteiger partial charge in [0.05, 0.1) is 28.5 Å². The average molecular weight is 626 g/mol.